The summed E-state index contributed by atoms with van der Waals surface area (Å²) in [6.07, 6.45) is 5.65. The number of benzene rings is 1. The van der Waals surface area contributed by atoms with Crippen molar-refractivity contribution in [3.05, 3.63) is 29.0 Å². The SMILES string of the molecule is CCC1CCCC(CN)(Nc2cc(F)ccc2Cl)C1. The molecule has 1 fully saturated rings. The molecule has 19 heavy (non-hydrogen) atoms. The van der Waals surface area contributed by atoms with Gasteiger partial charge in [0.2, 0.25) is 0 Å². The molecule has 1 saturated carbocycles. The molecule has 0 heterocycles. The van der Waals surface area contributed by atoms with Crippen molar-refractivity contribution in [3.63, 3.8) is 0 Å². The van der Waals surface area contributed by atoms with Crippen molar-refractivity contribution < 1.29 is 4.39 Å². The molecule has 2 nitrogen and oxygen atoms in total. The Balaban J connectivity index is 2.20. The first kappa shape index (κ1) is 14.6. The van der Waals surface area contributed by atoms with Crippen LogP contribution in [0.5, 0.6) is 0 Å². The lowest BCUT2D eigenvalue weighted by molar-refractivity contribution is 0.244. The predicted molar refractivity (Wildman–Crippen MR) is 79.1 cm³/mol. The first-order valence-corrected chi connectivity index (χ1v) is 7.39. The van der Waals surface area contributed by atoms with Crippen molar-refractivity contribution >= 4 is 17.3 Å². The zero-order chi connectivity index (χ0) is 13.9. The molecule has 2 atom stereocenters. The average Bonchev–Trinajstić information content (AvgIpc) is 2.43. The van der Waals surface area contributed by atoms with E-state index in [1.54, 1.807) is 6.07 Å². The molecule has 2 rings (SSSR count). The molecule has 0 bridgehead atoms. The van der Waals surface area contributed by atoms with Gasteiger partial charge in [-0.1, -0.05) is 37.8 Å². The highest BCUT2D eigenvalue weighted by Crippen LogP contribution is 2.37. The van der Waals surface area contributed by atoms with Gasteiger partial charge in [-0.15, -0.1) is 0 Å². The van der Waals surface area contributed by atoms with Gasteiger partial charge in [0, 0.05) is 12.1 Å². The summed E-state index contributed by atoms with van der Waals surface area (Å²) in [5.74, 6) is 0.416. The van der Waals surface area contributed by atoms with E-state index >= 15 is 0 Å². The predicted octanol–water partition coefficient (Wildman–Crippen LogP) is 4.19. The third-order valence-corrected chi connectivity index (χ3v) is 4.57. The molecule has 0 aromatic heterocycles. The average molecular weight is 285 g/mol. The third kappa shape index (κ3) is 3.40. The van der Waals surface area contributed by atoms with Gasteiger partial charge >= 0.3 is 0 Å². The summed E-state index contributed by atoms with van der Waals surface area (Å²) in [4.78, 5) is 0. The zero-order valence-corrected chi connectivity index (χ0v) is 12.1. The van der Waals surface area contributed by atoms with Gasteiger partial charge in [-0.05, 0) is 37.0 Å². The molecular weight excluding hydrogens is 263 g/mol. The van der Waals surface area contributed by atoms with E-state index in [-0.39, 0.29) is 11.4 Å². The van der Waals surface area contributed by atoms with Gasteiger partial charge in [-0.2, -0.15) is 0 Å². The molecular formula is C15H22ClFN2. The van der Waals surface area contributed by atoms with Crippen LogP contribution in [0, 0.1) is 11.7 Å². The Morgan fingerprint density at radius 3 is 3.00 bits per heavy atom. The van der Waals surface area contributed by atoms with Crippen molar-refractivity contribution in [2.75, 3.05) is 11.9 Å². The van der Waals surface area contributed by atoms with E-state index in [0.717, 1.165) is 19.3 Å². The van der Waals surface area contributed by atoms with Crippen LogP contribution in [-0.4, -0.2) is 12.1 Å². The summed E-state index contributed by atoms with van der Waals surface area (Å²) in [5, 5.41) is 3.97. The van der Waals surface area contributed by atoms with Crippen LogP contribution in [0.25, 0.3) is 0 Å². The van der Waals surface area contributed by atoms with E-state index in [2.05, 4.69) is 12.2 Å². The van der Waals surface area contributed by atoms with Crippen LogP contribution >= 0.6 is 11.6 Å². The monoisotopic (exact) mass is 284 g/mol. The summed E-state index contributed by atoms with van der Waals surface area (Å²) in [6.45, 7) is 2.77. The third-order valence-electron chi connectivity index (χ3n) is 4.24. The van der Waals surface area contributed by atoms with Crippen LogP contribution in [-0.2, 0) is 0 Å². The van der Waals surface area contributed by atoms with Crippen molar-refractivity contribution in [3.8, 4) is 0 Å². The Labute approximate surface area is 119 Å². The van der Waals surface area contributed by atoms with Crippen molar-refractivity contribution in [1.29, 1.82) is 0 Å². The second-order valence-corrected chi connectivity index (χ2v) is 6.01. The maximum Gasteiger partial charge on any atom is 0.125 e. The molecule has 1 aliphatic carbocycles. The van der Waals surface area contributed by atoms with Gasteiger partial charge in [0.25, 0.3) is 0 Å². The molecule has 0 spiro atoms. The minimum absolute atomic E-state index is 0.143. The fourth-order valence-corrected chi connectivity index (χ4v) is 3.23. The quantitative estimate of drug-likeness (QED) is 0.870. The molecule has 106 valence electrons. The van der Waals surface area contributed by atoms with Gasteiger partial charge in [0.15, 0.2) is 0 Å². The first-order valence-electron chi connectivity index (χ1n) is 7.02. The molecule has 0 saturated heterocycles. The Morgan fingerprint density at radius 2 is 2.32 bits per heavy atom. The van der Waals surface area contributed by atoms with E-state index in [0.29, 0.717) is 23.2 Å². The summed E-state index contributed by atoms with van der Waals surface area (Å²) in [6, 6.07) is 4.41. The summed E-state index contributed by atoms with van der Waals surface area (Å²) in [5.41, 5.74) is 6.51. The highest BCUT2D eigenvalue weighted by atomic mass is 35.5. The summed E-state index contributed by atoms with van der Waals surface area (Å²) < 4.78 is 13.3. The Kier molecular flexibility index (Phi) is 4.69. The van der Waals surface area contributed by atoms with E-state index < -0.39 is 0 Å². The molecule has 1 aromatic rings. The largest absolute Gasteiger partial charge is 0.377 e. The van der Waals surface area contributed by atoms with Crippen LogP contribution in [0.3, 0.4) is 0 Å². The van der Waals surface area contributed by atoms with Crippen molar-refractivity contribution in [1.82, 2.24) is 0 Å². The number of halogens is 2. The van der Waals surface area contributed by atoms with Crippen LogP contribution in [0.1, 0.15) is 39.0 Å². The van der Waals surface area contributed by atoms with Crippen LogP contribution < -0.4 is 11.1 Å². The molecule has 3 N–H and O–H groups in total. The second-order valence-electron chi connectivity index (χ2n) is 5.60. The van der Waals surface area contributed by atoms with Gasteiger partial charge in [-0.25, -0.2) is 4.39 Å². The van der Waals surface area contributed by atoms with Gasteiger partial charge in [0.05, 0.1) is 10.7 Å². The maximum absolute atomic E-state index is 13.3. The van der Waals surface area contributed by atoms with Gasteiger partial charge in [0.1, 0.15) is 5.82 Å². The Morgan fingerprint density at radius 1 is 1.53 bits per heavy atom. The number of hydrogen-bond acceptors (Lipinski definition) is 2. The van der Waals surface area contributed by atoms with E-state index in [1.165, 1.54) is 25.0 Å². The fourth-order valence-electron chi connectivity index (χ4n) is 3.06. The van der Waals surface area contributed by atoms with Crippen LogP contribution in [0.15, 0.2) is 18.2 Å². The van der Waals surface area contributed by atoms with Crippen molar-refractivity contribution in [2.24, 2.45) is 11.7 Å². The minimum Gasteiger partial charge on any atom is -0.377 e. The molecule has 2 unspecified atom stereocenters. The van der Waals surface area contributed by atoms with E-state index in [9.17, 15) is 4.39 Å². The van der Waals surface area contributed by atoms with Gasteiger partial charge in [-0.3, -0.25) is 0 Å². The second kappa shape index (κ2) is 6.10. The van der Waals surface area contributed by atoms with Crippen LogP contribution in [0.4, 0.5) is 10.1 Å². The van der Waals surface area contributed by atoms with E-state index in [4.69, 9.17) is 17.3 Å². The normalized spacial score (nSPS) is 27.3. The number of hydrogen-bond donors (Lipinski definition) is 2. The Hall–Kier alpha value is -0.800. The number of nitrogens with two attached hydrogens (primary N) is 1. The maximum atomic E-state index is 13.3. The van der Waals surface area contributed by atoms with E-state index in [1.807, 2.05) is 0 Å². The molecule has 0 radical (unpaired) electrons. The van der Waals surface area contributed by atoms with Crippen LogP contribution in [0.2, 0.25) is 5.02 Å². The molecule has 1 aromatic carbocycles. The Bertz CT molecular complexity index is 438. The lowest BCUT2D eigenvalue weighted by atomic mass is 9.74. The summed E-state index contributed by atoms with van der Waals surface area (Å²) >= 11 is 6.13. The van der Waals surface area contributed by atoms with Crippen molar-refractivity contribution in [2.45, 2.75) is 44.6 Å². The fraction of sp³-hybridized carbons (Fsp3) is 0.600. The lowest BCUT2D eigenvalue weighted by Gasteiger charge is -2.41. The minimum atomic E-state index is -0.276. The lowest BCUT2D eigenvalue weighted by Crippen LogP contribution is -2.49. The van der Waals surface area contributed by atoms with Gasteiger partial charge < -0.3 is 11.1 Å². The molecule has 0 amide bonds. The highest BCUT2D eigenvalue weighted by molar-refractivity contribution is 6.33. The highest BCUT2D eigenvalue weighted by Gasteiger charge is 2.34. The standard InChI is InChI=1S/C15H22ClFN2/c1-2-11-4-3-7-15(9-11,10-18)19-14-8-12(17)5-6-13(14)16/h5-6,8,11,19H,2-4,7,9-10,18H2,1H3. The zero-order valence-electron chi connectivity index (χ0n) is 11.4. The molecule has 1 aliphatic rings. The smallest absolute Gasteiger partial charge is 0.125 e. The molecule has 0 aliphatic heterocycles. The topological polar surface area (TPSA) is 38.0 Å². The first-order chi connectivity index (χ1) is 9.08. The number of anilines is 1. The summed E-state index contributed by atoms with van der Waals surface area (Å²) in [7, 11) is 0. The number of rotatable bonds is 4. The number of nitrogens with one attached hydrogen (secondary N) is 1. The molecule has 4 heteroatoms.